The first kappa shape index (κ1) is 33.1. The van der Waals surface area contributed by atoms with Crippen LogP contribution >= 0.6 is 57.7 Å². The third kappa shape index (κ3) is 9.09. The van der Waals surface area contributed by atoms with Gasteiger partial charge in [0.15, 0.2) is 0 Å². The van der Waals surface area contributed by atoms with Crippen LogP contribution in [0.25, 0.3) is 0 Å². The lowest BCUT2D eigenvalue weighted by Gasteiger charge is -2.40. The minimum absolute atomic E-state index is 0.112. The van der Waals surface area contributed by atoms with E-state index < -0.39 is 17.9 Å². The topological polar surface area (TPSA) is 104 Å². The maximum atomic E-state index is 13.8. The molecule has 1 saturated heterocycles. The molecule has 4 rings (SSSR count). The zero-order valence-electron chi connectivity index (χ0n) is 23.1. The number of primary amides is 1. The number of halogens is 4. The number of benzene rings is 2. The van der Waals surface area contributed by atoms with E-state index in [0.29, 0.717) is 39.4 Å². The minimum Gasteiger partial charge on any atom is -0.368 e. The number of piperazine rings is 1. The number of thiophene rings is 1. The van der Waals surface area contributed by atoms with Crippen LogP contribution in [0.5, 0.6) is 0 Å². The Kier molecular flexibility index (Phi) is 11.7. The van der Waals surface area contributed by atoms with Crippen LogP contribution in [0.15, 0.2) is 53.9 Å². The summed E-state index contributed by atoms with van der Waals surface area (Å²) >= 11 is 26.2. The molecule has 13 heteroatoms. The molecule has 2 heterocycles. The third-order valence-corrected chi connectivity index (χ3v) is 9.31. The Morgan fingerprint density at radius 2 is 1.56 bits per heavy atom. The summed E-state index contributed by atoms with van der Waals surface area (Å²) in [5.74, 6) is -1.77. The lowest BCUT2D eigenvalue weighted by atomic mass is 10.0. The molecular formula is C30H30Cl4N4O4S. The number of nitrogens with two attached hydrogens (primary N) is 1. The third-order valence-electron chi connectivity index (χ3n) is 7.20. The number of hydrogen-bond donors (Lipinski definition) is 1. The van der Waals surface area contributed by atoms with E-state index >= 15 is 0 Å². The van der Waals surface area contributed by atoms with Gasteiger partial charge in [0.05, 0.1) is 19.5 Å². The van der Waals surface area contributed by atoms with Crippen LogP contribution < -0.4 is 5.73 Å². The van der Waals surface area contributed by atoms with Gasteiger partial charge in [-0.1, -0.05) is 64.6 Å². The molecule has 3 aromatic rings. The number of rotatable bonds is 13. The lowest BCUT2D eigenvalue weighted by Crippen LogP contribution is -2.61. The molecule has 8 nitrogen and oxygen atoms in total. The summed E-state index contributed by atoms with van der Waals surface area (Å²) in [6.07, 6.45) is 0.986. The second-order valence-corrected chi connectivity index (χ2v) is 12.9. The minimum atomic E-state index is -1.04. The standard InChI is InChI=1S/C30H30Cl4N4O4S/c31-21-5-3-19(24(33)14-21)7-10-36(17-27(35)39)28(40)16-26-30(42)37(11-8-20-4-6-22(32)15-25(20)34)18-29(41)38(26)12-9-23-2-1-13-43-23/h1-6,13-15,26H,7-12,16-18H2,(H2,35,39). The van der Waals surface area contributed by atoms with Gasteiger partial charge in [-0.05, 0) is 66.1 Å². The van der Waals surface area contributed by atoms with Crippen molar-refractivity contribution < 1.29 is 19.2 Å². The Morgan fingerprint density at radius 3 is 2.14 bits per heavy atom. The van der Waals surface area contributed by atoms with Crippen molar-refractivity contribution in [2.24, 2.45) is 5.73 Å². The van der Waals surface area contributed by atoms with Crippen molar-refractivity contribution >= 4 is 81.4 Å². The van der Waals surface area contributed by atoms with Crippen LogP contribution in [0.1, 0.15) is 22.4 Å². The van der Waals surface area contributed by atoms with E-state index in [9.17, 15) is 19.2 Å². The van der Waals surface area contributed by atoms with Crippen LogP contribution in [0.3, 0.4) is 0 Å². The van der Waals surface area contributed by atoms with Gasteiger partial charge in [-0.25, -0.2) is 0 Å². The monoisotopic (exact) mass is 682 g/mol. The fourth-order valence-corrected chi connectivity index (χ4v) is 6.64. The molecule has 43 heavy (non-hydrogen) atoms. The summed E-state index contributed by atoms with van der Waals surface area (Å²) in [5, 5.41) is 3.82. The summed E-state index contributed by atoms with van der Waals surface area (Å²) in [4.78, 5) is 58.1. The van der Waals surface area contributed by atoms with Crippen molar-refractivity contribution in [3.05, 3.63) is 90.0 Å². The summed E-state index contributed by atoms with van der Waals surface area (Å²) in [7, 11) is 0. The first-order valence-corrected chi connectivity index (χ1v) is 16.0. The molecule has 0 radical (unpaired) electrons. The van der Waals surface area contributed by atoms with Crippen molar-refractivity contribution in [3.8, 4) is 0 Å². The van der Waals surface area contributed by atoms with Gasteiger partial charge in [0.2, 0.25) is 23.6 Å². The average molecular weight is 684 g/mol. The second kappa shape index (κ2) is 15.3. The van der Waals surface area contributed by atoms with Crippen LogP contribution in [0.4, 0.5) is 0 Å². The smallest absolute Gasteiger partial charge is 0.246 e. The Morgan fingerprint density at radius 1 is 0.907 bits per heavy atom. The Labute approximate surface area is 274 Å². The predicted octanol–water partition coefficient (Wildman–Crippen LogP) is 5.13. The molecule has 4 amide bonds. The fourth-order valence-electron chi connectivity index (χ4n) is 4.94. The lowest BCUT2D eigenvalue weighted by molar-refractivity contribution is -0.158. The molecule has 0 saturated carbocycles. The molecule has 0 spiro atoms. The summed E-state index contributed by atoms with van der Waals surface area (Å²) in [6, 6.07) is 13.0. The molecule has 1 atom stereocenters. The number of hydrogen-bond acceptors (Lipinski definition) is 5. The van der Waals surface area contributed by atoms with E-state index in [1.54, 1.807) is 47.7 Å². The molecule has 0 bridgehead atoms. The van der Waals surface area contributed by atoms with Gasteiger partial charge in [0.1, 0.15) is 6.04 Å². The molecule has 0 aliphatic carbocycles. The van der Waals surface area contributed by atoms with E-state index in [4.69, 9.17) is 52.1 Å². The van der Waals surface area contributed by atoms with Gasteiger partial charge < -0.3 is 20.4 Å². The van der Waals surface area contributed by atoms with Crippen molar-refractivity contribution in [2.75, 3.05) is 32.7 Å². The zero-order valence-corrected chi connectivity index (χ0v) is 26.9. The van der Waals surface area contributed by atoms with Crippen molar-refractivity contribution in [3.63, 3.8) is 0 Å². The van der Waals surface area contributed by atoms with Gasteiger partial charge in [0.25, 0.3) is 0 Å². The fraction of sp³-hybridized carbons (Fsp3) is 0.333. The van der Waals surface area contributed by atoms with E-state index in [1.807, 2.05) is 17.5 Å². The van der Waals surface area contributed by atoms with Gasteiger partial charge in [-0.15, -0.1) is 11.3 Å². The normalized spacial score (nSPS) is 15.2. The van der Waals surface area contributed by atoms with Crippen molar-refractivity contribution in [2.45, 2.75) is 31.7 Å². The van der Waals surface area contributed by atoms with Crippen LogP contribution in [0.2, 0.25) is 20.1 Å². The maximum absolute atomic E-state index is 13.8. The summed E-state index contributed by atoms with van der Waals surface area (Å²) in [6.45, 7) is 0.184. The average Bonchev–Trinajstić information content (AvgIpc) is 3.47. The summed E-state index contributed by atoms with van der Waals surface area (Å²) in [5.41, 5.74) is 6.99. The van der Waals surface area contributed by atoms with Crippen LogP contribution in [-0.4, -0.2) is 77.1 Å². The summed E-state index contributed by atoms with van der Waals surface area (Å²) < 4.78 is 0. The molecular weight excluding hydrogens is 654 g/mol. The van der Waals surface area contributed by atoms with E-state index in [-0.39, 0.29) is 51.0 Å². The zero-order chi connectivity index (χ0) is 31.1. The molecule has 1 aliphatic rings. The highest BCUT2D eigenvalue weighted by atomic mass is 35.5. The second-order valence-electron chi connectivity index (χ2n) is 10.1. The predicted molar refractivity (Wildman–Crippen MR) is 171 cm³/mol. The highest BCUT2D eigenvalue weighted by Crippen LogP contribution is 2.25. The molecule has 1 aromatic heterocycles. The van der Waals surface area contributed by atoms with Gasteiger partial charge in [-0.3, -0.25) is 19.2 Å². The highest BCUT2D eigenvalue weighted by Gasteiger charge is 2.41. The quantitative estimate of drug-likeness (QED) is 0.270. The number of nitrogens with zero attached hydrogens (tertiary/aromatic N) is 3. The molecule has 2 aromatic carbocycles. The van der Waals surface area contributed by atoms with Gasteiger partial charge in [0, 0.05) is 44.6 Å². The number of amides is 4. The van der Waals surface area contributed by atoms with Gasteiger partial charge in [-0.2, -0.15) is 0 Å². The Hall–Kier alpha value is -2.82. The Balaban J connectivity index is 1.52. The first-order chi connectivity index (χ1) is 20.5. The Bertz CT molecular complexity index is 1490. The molecule has 1 unspecified atom stereocenters. The SMILES string of the molecule is NC(=O)CN(CCc1ccc(Cl)cc1Cl)C(=O)CC1C(=O)N(CCc2ccc(Cl)cc2Cl)CC(=O)N1CCc1cccs1. The largest absolute Gasteiger partial charge is 0.368 e. The van der Waals surface area contributed by atoms with Crippen molar-refractivity contribution in [1.82, 2.24) is 14.7 Å². The van der Waals surface area contributed by atoms with Crippen LogP contribution in [-0.2, 0) is 38.4 Å². The maximum Gasteiger partial charge on any atom is 0.246 e. The van der Waals surface area contributed by atoms with Crippen LogP contribution in [0, 0.1) is 0 Å². The molecule has 1 aliphatic heterocycles. The highest BCUT2D eigenvalue weighted by molar-refractivity contribution is 7.09. The number of carbonyl (C=O) groups is 4. The van der Waals surface area contributed by atoms with E-state index in [0.717, 1.165) is 16.0 Å². The van der Waals surface area contributed by atoms with Gasteiger partial charge >= 0.3 is 0 Å². The first-order valence-electron chi connectivity index (χ1n) is 13.6. The van der Waals surface area contributed by atoms with E-state index in [2.05, 4.69) is 0 Å². The molecule has 228 valence electrons. The van der Waals surface area contributed by atoms with Crippen molar-refractivity contribution in [1.29, 1.82) is 0 Å². The molecule has 2 N–H and O–H groups in total. The van der Waals surface area contributed by atoms with E-state index in [1.165, 1.54) is 14.7 Å². The molecule has 1 fully saturated rings. The number of carbonyl (C=O) groups excluding carboxylic acids is 4.